The second kappa shape index (κ2) is 19.4. The van der Waals surface area contributed by atoms with Gasteiger partial charge in [-0.25, -0.2) is 4.57 Å². The van der Waals surface area contributed by atoms with Crippen LogP contribution in [0.3, 0.4) is 0 Å². The van der Waals surface area contributed by atoms with E-state index in [4.69, 9.17) is 19.3 Å². The van der Waals surface area contributed by atoms with Gasteiger partial charge in [-0.05, 0) is 12.8 Å². The average molecular weight is 411 g/mol. The Morgan fingerprint density at radius 1 is 0.704 bits per heavy atom. The quantitative estimate of drug-likeness (QED) is 0.189. The van der Waals surface area contributed by atoms with Crippen LogP contribution < -0.4 is 0 Å². The number of hydrogen-bond donors (Lipinski definition) is 2. The molecule has 0 saturated carbocycles. The number of unbranched alkanes of at least 4 members (excludes halogenated alkanes) is 9. The molecular formula is C20H43O6P. The third-order valence-corrected chi connectivity index (χ3v) is 5.08. The Kier molecular flexibility index (Phi) is 19.4. The van der Waals surface area contributed by atoms with Gasteiger partial charge in [0.05, 0.1) is 32.5 Å². The summed E-state index contributed by atoms with van der Waals surface area (Å²) in [6, 6.07) is 0. The molecule has 0 aliphatic heterocycles. The SMILES string of the molecule is CCCCCCCCCCCCC(CCC)OCCOCCOP(=O)(O)O. The third kappa shape index (κ3) is 22.2. The Bertz CT molecular complexity index is 347. The number of hydrogen-bond acceptors (Lipinski definition) is 4. The van der Waals surface area contributed by atoms with Gasteiger partial charge in [0.25, 0.3) is 0 Å². The van der Waals surface area contributed by atoms with Crippen LogP contribution in [0.1, 0.15) is 97.3 Å². The highest BCUT2D eigenvalue weighted by Gasteiger charge is 2.12. The van der Waals surface area contributed by atoms with Crippen LogP contribution in [-0.4, -0.2) is 42.3 Å². The molecule has 1 atom stereocenters. The van der Waals surface area contributed by atoms with Gasteiger partial charge in [0.2, 0.25) is 0 Å². The van der Waals surface area contributed by atoms with Crippen LogP contribution in [0.15, 0.2) is 0 Å². The monoisotopic (exact) mass is 410 g/mol. The van der Waals surface area contributed by atoms with E-state index in [1.807, 2.05) is 0 Å². The van der Waals surface area contributed by atoms with Gasteiger partial charge in [0.1, 0.15) is 0 Å². The van der Waals surface area contributed by atoms with Gasteiger partial charge in [-0.15, -0.1) is 0 Å². The Labute approximate surface area is 166 Å². The van der Waals surface area contributed by atoms with Crippen molar-refractivity contribution in [3.8, 4) is 0 Å². The van der Waals surface area contributed by atoms with Crippen LogP contribution in [0.5, 0.6) is 0 Å². The highest BCUT2D eigenvalue weighted by atomic mass is 31.2. The third-order valence-electron chi connectivity index (χ3n) is 4.56. The number of phosphoric acid groups is 1. The summed E-state index contributed by atoms with van der Waals surface area (Å²) in [5.41, 5.74) is 0. The molecule has 7 heteroatoms. The van der Waals surface area contributed by atoms with Crippen molar-refractivity contribution >= 4 is 7.82 Å². The molecule has 0 fully saturated rings. The van der Waals surface area contributed by atoms with E-state index in [2.05, 4.69) is 18.4 Å². The molecule has 0 bridgehead atoms. The Morgan fingerprint density at radius 3 is 1.81 bits per heavy atom. The lowest BCUT2D eigenvalue weighted by Gasteiger charge is -2.17. The summed E-state index contributed by atoms with van der Waals surface area (Å²) in [6.45, 7) is 5.41. The molecule has 0 spiro atoms. The lowest BCUT2D eigenvalue weighted by atomic mass is 10.0. The molecule has 6 nitrogen and oxygen atoms in total. The van der Waals surface area contributed by atoms with Crippen molar-refractivity contribution in [3.63, 3.8) is 0 Å². The zero-order chi connectivity index (χ0) is 20.2. The number of rotatable bonds is 21. The van der Waals surface area contributed by atoms with Crippen LogP contribution >= 0.6 is 7.82 Å². The molecule has 0 amide bonds. The maximum Gasteiger partial charge on any atom is 0.469 e. The summed E-state index contributed by atoms with van der Waals surface area (Å²) >= 11 is 0. The summed E-state index contributed by atoms with van der Waals surface area (Å²) < 4.78 is 26.0. The van der Waals surface area contributed by atoms with Gasteiger partial charge in [0, 0.05) is 0 Å². The fourth-order valence-corrected chi connectivity index (χ4v) is 3.40. The Morgan fingerprint density at radius 2 is 1.26 bits per heavy atom. The highest BCUT2D eigenvalue weighted by molar-refractivity contribution is 7.46. The summed E-state index contributed by atoms with van der Waals surface area (Å²) in [6.07, 6.45) is 17.0. The van der Waals surface area contributed by atoms with Crippen LogP contribution in [0.25, 0.3) is 0 Å². The molecular weight excluding hydrogens is 367 g/mol. The average Bonchev–Trinajstić information content (AvgIpc) is 2.61. The molecule has 0 aliphatic carbocycles. The topological polar surface area (TPSA) is 85.2 Å². The molecule has 0 aromatic carbocycles. The molecule has 0 saturated heterocycles. The van der Waals surface area contributed by atoms with E-state index < -0.39 is 7.82 Å². The van der Waals surface area contributed by atoms with Crippen LogP contribution in [0.4, 0.5) is 0 Å². The van der Waals surface area contributed by atoms with Crippen LogP contribution in [0, 0.1) is 0 Å². The maximum absolute atomic E-state index is 10.5. The van der Waals surface area contributed by atoms with Gasteiger partial charge in [-0.3, -0.25) is 4.52 Å². The number of phosphoric ester groups is 1. The standard InChI is InChI=1S/C20H43O6P/c1-3-5-6-7-8-9-10-11-12-13-15-20(14-4-2)25-18-16-24-17-19-26-27(21,22)23/h20H,3-19H2,1-2H3,(H2,21,22,23). The van der Waals surface area contributed by atoms with Gasteiger partial charge in [0.15, 0.2) is 0 Å². The van der Waals surface area contributed by atoms with Gasteiger partial charge >= 0.3 is 7.82 Å². The number of ether oxygens (including phenoxy) is 2. The second-order valence-electron chi connectivity index (χ2n) is 7.19. The van der Waals surface area contributed by atoms with E-state index in [-0.39, 0.29) is 13.2 Å². The van der Waals surface area contributed by atoms with Crippen molar-refractivity contribution in [3.05, 3.63) is 0 Å². The van der Waals surface area contributed by atoms with E-state index in [0.29, 0.717) is 19.3 Å². The van der Waals surface area contributed by atoms with Crippen molar-refractivity contribution in [2.24, 2.45) is 0 Å². The minimum Gasteiger partial charge on any atom is -0.377 e. The predicted octanol–water partition coefficient (Wildman–Crippen LogP) is 5.61. The van der Waals surface area contributed by atoms with Crippen molar-refractivity contribution in [1.82, 2.24) is 0 Å². The predicted molar refractivity (Wildman–Crippen MR) is 110 cm³/mol. The zero-order valence-corrected chi connectivity index (χ0v) is 18.5. The zero-order valence-electron chi connectivity index (χ0n) is 17.6. The molecule has 0 aromatic rings. The largest absolute Gasteiger partial charge is 0.469 e. The van der Waals surface area contributed by atoms with E-state index in [1.54, 1.807) is 0 Å². The van der Waals surface area contributed by atoms with E-state index in [1.165, 1.54) is 64.2 Å². The fourth-order valence-electron chi connectivity index (χ4n) is 3.08. The van der Waals surface area contributed by atoms with Crippen molar-refractivity contribution in [1.29, 1.82) is 0 Å². The van der Waals surface area contributed by atoms with Crippen LogP contribution in [-0.2, 0) is 18.6 Å². The molecule has 0 heterocycles. The summed E-state index contributed by atoms with van der Waals surface area (Å²) in [4.78, 5) is 17.1. The molecule has 27 heavy (non-hydrogen) atoms. The fraction of sp³-hybridized carbons (Fsp3) is 1.00. The summed E-state index contributed by atoms with van der Waals surface area (Å²) in [5, 5.41) is 0. The van der Waals surface area contributed by atoms with Crippen LogP contribution in [0.2, 0.25) is 0 Å². The first-order valence-corrected chi connectivity index (χ1v) is 12.4. The molecule has 0 radical (unpaired) electrons. The van der Waals surface area contributed by atoms with E-state index >= 15 is 0 Å². The van der Waals surface area contributed by atoms with Crippen molar-refractivity contribution in [2.45, 2.75) is 103 Å². The molecule has 164 valence electrons. The van der Waals surface area contributed by atoms with E-state index in [0.717, 1.165) is 19.3 Å². The lowest BCUT2D eigenvalue weighted by molar-refractivity contribution is -0.00937. The normalized spacial score (nSPS) is 13.2. The maximum atomic E-state index is 10.5. The Hall–Kier alpha value is 0.0300. The first-order valence-electron chi connectivity index (χ1n) is 10.9. The highest BCUT2D eigenvalue weighted by Crippen LogP contribution is 2.35. The molecule has 0 rings (SSSR count). The first-order chi connectivity index (χ1) is 13.0. The summed E-state index contributed by atoms with van der Waals surface area (Å²) in [5.74, 6) is 0. The minimum atomic E-state index is -4.39. The lowest BCUT2D eigenvalue weighted by Crippen LogP contribution is -2.17. The molecule has 2 N–H and O–H groups in total. The van der Waals surface area contributed by atoms with Crippen molar-refractivity contribution < 1.29 is 28.3 Å². The first kappa shape index (κ1) is 27.0. The van der Waals surface area contributed by atoms with E-state index in [9.17, 15) is 4.57 Å². The van der Waals surface area contributed by atoms with Crippen molar-refractivity contribution in [2.75, 3.05) is 26.4 Å². The molecule has 0 aromatic heterocycles. The minimum absolute atomic E-state index is 0.110. The van der Waals surface area contributed by atoms with Gasteiger partial charge in [-0.2, -0.15) is 0 Å². The molecule has 0 aliphatic rings. The Balaban J connectivity index is 3.50. The van der Waals surface area contributed by atoms with Gasteiger partial charge in [-0.1, -0.05) is 84.5 Å². The summed E-state index contributed by atoms with van der Waals surface area (Å²) in [7, 11) is -4.39. The van der Waals surface area contributed by atoms with Gasteiger partial charge < -0.3 is 19.3 Å². The molecule has 1 unspecified atom stereocenters. The second-order valence-corrected chi connectivity index (χ2v) is 8.43. The smallest absolute Gasteiger partial charge is 0.377 e.